The monoisotopic (exact) mass is 346 g/mol. The number of amides is 1. The molecule has 1 aromatic heterocycles. The number of fused-ring (bicyclic) bond motifs is 1. The summed E-state index contributed by atoms with van der Waals surface area (Å²) < 4.78 is 1.14. The molecule has 1 N–H and O–H groups in total. The molecule has 1 atom stereocenters. The standard InChI is InChI=1S/C19H26N2O2S/c1-5-7-16(22)15(20-18(23)6-2)11-19-21-14-9-8-13(12(3)4)10-17(14)24-19/h8-10,12,15H,5-7,11H2,1-4H3,(H,20,23)/t15-/m0/s1. The highest BCUT2D eigenvalue weighted by Gasteiger charge is 2.21. The fraction of sp³-hybridized carbons (Fsp3) is 0.526. The summed E-state index contributed by atoms with van der Waals surface area (Å²) in [6.45, 7) is 8.11. The molecule has 5 heteroatoms. The van der Waals surface area contributed by atoms with Crippen molar-refractivity contribution in [3.63, 3.8) is 0 Å². The van der Waals surface area contributed by atoms with Crippen molar-refractivity contribution in [2.75, 3.05) is 0 Å². The number of carbonyl (C=O) groups is 2. The molecule has 2 aromatic rings. The van der Waals surface area contributed by atoms with Gasteiger partial charge in [0.05, 0.1) is 21.3 Å². The Labute approximate surface area is 147 Å². The van der Waals surface area contributed by atoms with Gasteiger partial charge >= 0.3 is 0 Å². The SMILES string of the molecule is CCCC(=O)[C@H](Cc1nc2ccc(C(C)C)cc2s1)NC(=O)CC. The zero-order valence-corrected chi connectivity index (χ0v) is 15.7. The van der Waals surface area contributed by atoms with Crippen LogP contribution in [-0.2, 0) is 16.0 Å². The maximum atomic E-state index is 12.3. The Morgan fingerprint density at radius 3 is 2.62 bits per heavy atom. The van der Waals surface area contributed by atoms with E-state index >= 15 is 0 Å². The van der Waals surface area contributed by atoms with E-state index in [-0.39, 0.29) is 11.7 Å². The van der Waals surface area contributed by atoms with Gasteiger partial charge in [-0.15, -0.1) is 11.3 Å². The lowest BCUT2D eigenvalue weighted by Crippen LogP contribution is -2.42. The Balaban J connectivity index is 2.22. The summed E-state index contributed by atoms with van der Waals surface area (Å²) in [7, 11) is 0. The van der Waals surface area contributed by atoms with Gasteiger partial charge in [-0.2, -0.15) is 0 Å². The average molecular weight is 346 g/mol. The molecule has 0 aliphatic carbocycles. The van der Waals surface area contributed by atoms with Crippen LogP contribution in [0.4, 0.5) is 0 Å². The minimum absolute atomic E-state index is 0.0847. The second-order valence-electron chi connectivity index (χ2n) is 6.38. The van der Waals surface area contributed by atoms with Gasteiger partial charge in [-0.1, -0.05) is 33.8 Å². The zero-order chi connectivity index (χ0) is 17.7. The summed E-state index contributed by atoms with van der Waals surface area (Å²) in [6.07, 6.45) is 2.13. The first-order valence-corrected chi connectivity index (χ1v) is 9.47. The van der Waals surface area contributed by atoms with Gasteiger partial charge in [0.15, 0.2) is 5.78 Å². The van der Waals surface area contributed by atoms with Crippen LogP contribution in [0.2, 0.25) is 0 Å². The van der Waals surface area contributed by atoms with Crippen molar-refractivity contribution in [1.82, 2.24) is 10.3 Å². The molecule has 1 amide bonds. The molecule has 0 bridgehead atoms. The maximum absolute atomic E-state index is 12.3. The number of aromatic nitrogens is 1. The first-order chi connectivity index (χ1) is 11.4. The third-order valence-electron chi connectivity index (χ3n) is 4.04. The number of nitrogens with one attached hydrogen (secondary N) is 1. The normalized spacial score (nSPS) is 12.5. The van der Waals surface area contributed by atoms with Crippen molar-refractivity contribution in [3.05, 3.63) is 28.8 Å². The van der Waals surface area contributed by atoms with Gasteiger partial charge in [0.2, 0.25) is 5.91 Å². The van der Waals surface area contributed by atoms with Crippen LogP contribution in [-0.4, -0.2) is 22.7 Å². The van der Waals surface area contributed by atoms with E-state index in [2.05, 4.69) is 36.3 Å². The van der Waals surface area contributed by atoms with Gasteiger partial charge in [-0.3, -0.25) is 9.59 Å². The molecule has 0 aliphatic rings. The highest BCUT2D eigenvalue weighted by molar-refractivity contribution is 7.18. The third-order valence-corrected chi connectivity index (χ3v) is 5.08. The molecule has 24 heavy (non-hydrogen) atoms. The summed E-state index contributed by atoms with van der Waals surface area (Å²) in [5.74, 6) is 0.469. The van der Waals surface area contributed by atoms with Crippen LogP contribution in [0.15, 0.2) is 18.2 Å². The summed E-state index contributed by atoms with van der Waals surface area (Å²) in [5, 5.41) is 3.75. The number of carbonyl (C=O) groups excluding carboxylic acids is 2. The van der Waals surface area contributed by atoms with Gasteiger partial charge in [0, 0.05) is 19.3 Å². The van der Waals surface area contributed by atoms with Crippen LogP contribution < -0.4 is 5.32 Å². The molecule has 0 fully saturated rings. The lowest BCUT2D eigenvalue weighted by molar-refractivity contribution is -0.127. The Kier molecular flexibility index (Phi) is 6.49. The summed E-state index contributed by atoms with van der Waals surface area (Å²) >= 11 is 1.61. The quantitative estimate of drug-likeness (QED) is 0.778. The number of hydrogen-bond acceptors (Lipinski definition) is 4. The summed E-state index contributed by atoms with van der Waals surface area (Å²) in [4.78, 5) is 28.7. The second-order valence-corrected chi connectivity index (χ2v) is 7.50. The van der Waals surface area contributed by atoms with Crippen LogP contribution in [0, 0.1) is 0 Å². The topological polar surface area (TPSA) is 59.1 Å². The largest absolute Gasteiger partial charge is 0.346 e. The Morgan fingerprint density at radius 1 is 1.25 bits per heavy atom. The highest BCUT2D eigenvalue weighted by Crippen LogP contribution is 2.27. The van der Waals surface area contributed by atoms with Crippen molar-refractivity contribution in [1.29, 1.82) is 0 Å². The molecular formula is C19H26N2O2S. The number of ketones is 1. The summed E-state index contributed by atoms with van der Waals surface area (Å²) in [5.41, 5.74) is 2.25. The van der Waals surface area contributed by atoms with Gasteiger partial charge in [-0.05, 0) is 30.0 Å². The van der Waals surface area contributed by atoms with Crippen LogP contribution in [0.1, 0.15) is 63.4 Å². The number of hydrogen-bond donors (Lipinski definition) is 1. The molecular weight excluding hydrogens is 320 g/mol. The van der Waals surface area contributed by atoms with Crippen molar-refractivity contribution in [2.45, 2.75) is 65.3 Å². The van der Waals surface area contributed by atoms with E-state index in [1.165, 1.54) is 5.56 Å². The number of Topliss-reactive ketones (excluding diaryl/α,β-unsaturated/α-hetero) is 1. The highest BCUT2D eigenvalue weighted by atomic mass is 32.1. The van der Waals surface area contributed by atoms with Crippen molar-refractivity contribution < 1.29 is 9.59 Å². The van der Waals surface area contributed by atoms with Gasteiger partial charge in [-0.25, -0.2) is 4.98 Å². The Hall–Kier alpha value is -1.75. The fourth-order valence-corrected chi connectivity index (χ4v) is 3.63. The van der Waals surface area contributed by atoms with Crippen molar-refractivity contribution in [3.8, 4) is 0 Å². The molecule has 0 saturated carbocycles. The van der Waals surface area contributed by atoms with E-state index in [0.29, 0.717) is 25.2 Å². The first-order valence-electron chi connectivity index (χ1n) is 8.66. The van der Waals surface area contributed by atoms with E-state index in [0.717, 1.165) is 21.6 Å². The smallest absolute Gasteiger partial charge is 0.220 e. The molecule has 0 radical (unpaired) electrons. The first kappa shape index (κ1) is 18.6. The fourth-order valence-electron chi connectivity index (χ4n) is 2.57. The second kappa shape index (κ2) is 8.38. The van der Waals surface area contributed by atoms with Crippen molar-refractivity contribution in [2.24, 2.45) is 0 Å². The van der Waals surface area contributed by atoms with Gasteiger partial charge in [0.25, 0.3) is 0 Å². The van der Waals surface area contributed by atoms with Crippen LogP contribution >= 0.6 is 11.3 Å². The molecule has 4 nitrogen and oxygen atoms in total. The molecule has 0 spiro atoms. The predicted molar refractivity (Wildman–Crippen MR) is 99.5 cm³/mol. The van der Waals surface area contributed by atoms with Crippen LogP contribution in [0.3, 0.4) is 0 Å². The van der Waals surface area contributed by atoms with Crippen LogP contribution in [0.5, 0.6) is 0 Å². The molecule has 0 saturated heterocycles. The molecule has 2 rings (SSSR count). The lowest BCUT2D eigenvalue weighted by atomic mass is 10.0. The predicted octanol–water partition coefficient (Wildman–Crippen LogP) is 4.23. The van der Waals surface area contributed by atoms with Gasteiger partial charge in [0.1, 0.15) is 0 Å². The minimum Gasteiger partial charge on any atom is -0.346 e. The Morgan fingerprint density at radius 2 is 2.00 bits per heavy atom. The van der Waals surface area contributed by atoms with E-state index in [4.69, 9.17) is 0 Å². The van der Waals surface area contributed by atoms with E-state index in [1.54, 1.807) is 18.3 Å². The number of thiazole rings is 1. The third kappa shape index (κ3) is 4.63. The summed E-state index contributed by atoms with van der Waals surface area (Å²) in [6, 6.07) is 5.85. The van der Waals surface area contributed by atoms with Crippen molar-refractivity contribution >= 4 is 33.2 Å². The van der Waals surface area contributed by atoms with Crippen LogP contribution in [0.25, 0.3) is 10.2 Å². The number of nitrogens with zero attached hydrogens (tertiary/aromatic N) is 1. The molecule has 1 heterocycles. The Bertz CT molecular complexity index is 721. The van der Waals surface area contributed by atoms with E-state index < -0.39 is 6.04 Å². The molecule has 1 aromatic carbocycles. The molecule has 0 aliphatic heterocycles. The number of rotatable bonds is 8. The minimum atomic E-state index is -0.470. The number of benzene rings is 1. The average Bonchev–Trinajstić information content (AvgIpc) is 2.95. The molecule has 130 valence electrons. The zero-order valence-electron chi connectivity index (χ0n) is 14.9. The molecule has 0 unspecified atom stereocenters. The van der Waals surface area contributed by atoms with E-state index in [1.807, 2.05) is 13.0 Å². The maximum Gasteiger partial charge on any atom is 0.220 e. The van der Waals surface area contributed by atoms with E-state index in [9.17, 15) is 9.59 Å². The lowest BCUT2D eigenvalue weighted by Gasteiger charge is -2.15. The van der Waals surface area contributed by atoms with Gasteiger partial charge < -0.3 is 5.32 Å².